The molecule has 5 nitrogen and oxygen atoms in total. The van der Waals surface area contributed by atoms with Crippen molar-refractivity contribution in [3.63, 3.8) is 0 Å². The van der Waals surface area contributed by atoms with E-state index in [2.05, 4.69) is 4.90 Å². The molecule has 0 spiro atoms. The van der Waals surface area contributed by atoms with Crippen LogP contribution in [0.25, 0.3) is 11.1 Å². The SMILES string of the molecule is O=C(O)N(C1CN2CCC1CC2)C1(c2ccc(-c3ccc(F)cc3)cc2)COC1. The molecule has 0 aliphatic carbocycles. The Hall–Kier alpha value is -2.44. The molecule has 1 unspecified atom stereocenters. The molecule has 2 aromatic carbocycles. The molecule has 4 fully saturated rings. The van der Waals surface area contributed by atoms with Gasteiger partial charge in [0.2, 0.25) is 0 Å². The monoisotopic (exact) mass is 396 g/mol. The zero-order chi connectivity index (χ0) is 20.0. The van der Waals surface area contributed by atoms with Crippen LogP contribution in [0.3, 0.4) is 0 Å². The van der Waals surface area contributed by atoms with Gasteiger partial charge in [-0.1, -0.05) is 36.4 Å². The Kier molecular flexibility index (Phi) is 4.56. The second-order valence-corrected chi connectivity index (χ2v) is 8.47. The van der Waals surface area contributed by atoms with Gasteiger partial charge in [0.25, 0.3) is 0 Å². The fourth-order valence-electron chi connectivity index (χ4n) is 5.22. The van der Waals surface area contributed by atoms with Crippen LogP contribution in [-0.4, -0.2) is 59.9 Å². The van der Waals surface area contributed by atoms with Crippen LogP contribution in [0.4, 0.5) is 9.18 Å². The van der Waals surface area contributed by atoms with Crippen LogP contribution < -0.4 is 0 Å². The molecule has 6 heteroatoms. The molecule has 4 aliphatic heterocycles. The van der Waals surface area contributed by atoms with E-state index >= 15 is 0 Å². The van der Waals surface area contributed by atoms with Gasteiger partial charge in [-0.15, -0.1) is 0 Å². The summed E-state index contributed by atoms with van der Waals surface area (Å²) in [5.74, 6) is 0.164. The third-order valence-electron chi connectivity index (χ3n) is 6.90. The Morgan fingerprint density at radius 2 is 1.62 bits per heavy atom. The van der Waals surface area contributed by atoms with Gasteiger partial charge in [0.1, 0.15) is 11.4 Å². The van der Waals surface area contributed by atoms with Crippen LogP contribution in [0, 0.1) is 11.7 Å². The third-order valence-corrected chi connectivity index (χ3v) is 6.90. The standard InChI is InChI=1S/C23H25FN2O3/c24-20-7-3-17(4-8-20)16-1-5-19(6-2-16)23(14-29-15-23)26(22(27)28)21-13-25-11-9-18(21)10-12-25/h1-8,18,21H,9-15H2,(H,27,28). The van der Waals surface area contributed by atoms with Crippen molar-refractivity contribution in [3.05, 3.63) is 59.9 Å². The first-order chi connectivity index (χ1) is 14.1. The van der Waals surface area contributed by atoms with E-state index < -0.39 is 11.6 Å². The van der Waals surface area contributed by atoms with E-state index in [1.807, 2.05) is 24.3 Å². The Labute approximate surface area is 169 Å². The molecule has 1 atom stereocenters. The fourth-order valence-corrected chi connectivity index (χ4v) is 5.22. The quantitative estimate of drug-likeness (QED) is 0.854. The minimum atomic E-state index is -0.866. The third kappa shape index (κ3) is 3.11. The number of fused-ring (bicyclic) bond motifs is 3. The van der Waals surface area contributed by atoms with Crippen LogP contribution in [0.5, 0.6) is 0 Å². The van der Waals surface area contributed by atoms with Crippen molar-refractivity contribution in [2.24, 2.45) is 5.92 Å². The number of hydrogen-bond acceptors (Lipinski definition) is 3. The summed E-state index contributed by atoms with van der Waals surface area (Å²) in [6.07, 6.45) is 1.26. The molecule has 4 aliphatic rings. The van der Waals surface area contributed by atoms with Crippen molar-refractivity contribution >= 4 is 6.09 Å². The maximum atomic E-state index is 13.2. The molecule has 2 aromatic rings. The molecular weight excluding hydrogens is 371 g/mol. The van der Waals surface area contributed by atoms with E-state index in [0.29, 0.717) is 19.1 Å². The van der Waals surface area contributed by atoms with Gasteiger partial charge in [0.05, 0.1) is 19.3 Å². The molecule has 4 saturated heterocycles. The van der Waals surface area contributed by atoms with Crippen molar-refractivity contribution in [1.82, 2.24) is 9.80 Å². The molecule has 2 bridgehead atoms. The Balaban J connectivity index is 1.47. The summed E-state index contributed by atoms with van der Waals surface area (Å²) in [7, 11) is 0. The first-order valence-electron chi connectivity index (χ1n) is 10.3. The lowest BCUT2D eigenvalue weighted by Gasteiger charge is -2.56. The van der Waals surface area contributed by atoms with Crippen LogP contribution in [0.1, 0.15) is 18.4 Å². The minimum Gasteiger partial charge on any atom is -0.465 e. The number of benzene rings is 2. The van der Waals surface area contributed by atoms with E-state index in [-0.39, 0.29) is 11.9 Å². The normalized spacial score (nSPS) is 27.3. The van der Waals surface area contributed by atoms with Crippen LogP contribution in [0.15, 0.2) is 48.5 Å². The van der Waals surface area contributed by atoms with Crippen LogP contribution >= 0.6 is 0 Å². The molecule has 4 heterocycles. The maximum Gasteiger partial charge on any atom is 0.408 e. The van der Waals surface area contributed by atoms with Gasteiger partial charge >= 0.3 is 6.09 Å². The van der Waals surface area contributed by atoms with Gasteiger partial charge < -0.3 is 14.7 Å². The van der Waals surface area contributed by atoms with E-state index in [9.17, 15) is 14.3 Å². The summed E-state index contributed by atoms with van der Waals surface area (Å²) < 4.78 is 18.8. The summed E-state index contributed by atoms with van der Waals surface area (Å²) in [5.41, 5.74) is 2.25. The molecule has 1 amide bonds. The summed E-state index contributed by atoms with van der Waals surface area (Å²) in [4.78, 5) is 16.5. The van der Waals surface area contributed by atoms with Crippen LogP contribution in [0.2, 0.25) is 0 Å². The smallest absolute Gasteiger partial charge is 0.408 e. The molecule has 152 valence electrons. The summed E-state index contributed by atoms with van der Waals surface area (Å²) in [6.45, 7) is 3.73. The maximum absolute atomic E-state index is 13.2. The number of nitrogens with zero attached hydrogens (tertiary/aromatic N) is 2. The lowest BCUT2D eigenvalue weighted by Crippen LogP contribution is -2.69. The molecular formula is C23H25FN2O3. The number of halogens is 1. The highest BCUT2D eigenvalue weighted by atomic mass is 19.1. The van der Waals surface area contributed by atoms with E-state index in [1.54, 1.807) is 17.0 Å². The van der Waals surface area contributed by atoms with Gasteiger partial charge in [-0.05, 0) is 60.7 Å². The van der Waals surface area contributed by atoms with E-state index in [1.165, 1.54) is 12.1 Å². The number of carboxylic acid groups (broad SMARTS) is 1. The van der Waals surface area contributed by atoms with Gasteiger partial charge in [0.15, 0.2) is 0 Å². The Bertz CT molecular complexity index is 887. The van der Waals surface area contributed by atoms with Crippen molar-refractivity contribution in [2.45, 2.75) is 24.4 Å². The molecule has 6 rings (SSSR count). The zero-order valence-corrected chi connectivity index (χ0v) is 16.3. The topological polar surface area (TPSA) is 53.0 Å². The summed E-state index contributed by atoms with van der Waals surface area (Å²) in [6, 6.07) is 14.4. The summed E-state index contributed by atoms with van der Waals surface area (Å²) in [5, 5.41) is 10.2. The second-order valence-electron chi connectivity index (χ2n) is 8.47. The summed E-state index contributed by atoms with van der Waals surface area (Å²) >= 11 is 0. The number of hydrogen-bond donors (Lipinski definition) is 1. The fraction of sp³-hybridized carbons (Fsp3) is 0.435. The lowest BCUT2D eigenvalue weighted by molar-refractivity contribution is -0.163. The highest BCUT2D eigenvalue weighted by molar-refractivity contribution is 5.69. The molecule has 29 heavy (non-hydrogen) atoms. The average molecular weight is 396 g/mol. The van der Waals surface area contributed by atoms with Gasteiger partial charge in [-0.25, -0.2) is 9.18 Å². The van der Waals surface area contributed by atoms with Gasteiger partial charge in [-0.3, -0.25) is 4.90 Å². The molecule has 1 N–H and O–H groups in total. The van der Waals surface area contributed by atoms with Gasteiger partial charge in [-0.2, -0.15) is 0 Å². The highest BCUT2D eigenvalue weighted by Gasteiger charge is 2.53. The van der Waals surface area contributed by atoms with Crippen LogP contribution in [-0.2, 0) is 10.3 Å². The van der Waals surface area contributed by atoms with Crippen molar-refractivity contribution in [1.29, 1.82) is 0 Å². The largest absolute Gasteiger partial charge is 0.465 e. The number of ether oxygens (including phenoxy) is 1. The predicted molar refractivity (Wildman–Crippen MR) is 107 cm³/mol. The first-order valence-corrected chi connectivity index (χ1v) is 10.3. The van der Waals surface area contributed by atoms with Crippen molar-refractivity contribution < 1.29 is 19.0 Å². The highest BCUT2D eigenvalue weighted by Crippen LogP contribution is 2.43. The molecule has 0 radical (unpaired) electrons. The second kappa shape index (κ2) is 7.11. The molecule has 0 aromatic heterocycles. The van der Waals surface area contributed by atoms with Crippen molar-refractivity contribution in [3.8, 4) is 11.1 Å². The molecule has 0 saturated carbocycles. The Morgan fingerprint density at radius 1 is 1.03 bits per heavy atom. The number of piperidine rings is 3. The Morgan fingerprint density at radius 3 is 2.07 bits per heavy atom. The minimum absolute atomic E-state index is 0.00988. The van der Waals surface area contributed by atoms with Crippen molar-refractivity contribution in [2.75, 3.05) is 32.8 Å². The number of carbonyl (C=O) groups is 1. The lowest BCUT2D eigenvalue weighted by atomic mass is 9.78. The first kappa shape index (κ1) is 18.6. The number of amides is 1. The van der Waals surface area contributed by atoms with E-state index in [4.69, 9.17) is 4.74 Å². The van der Waals surface area contributed by atoms with E-state index in [0.717, 1.165) is 49.2 Å². The average Bonchev–Trinajstić information content (AvgIpc) is 2.72. The predicted octanol–water partition coefficient (Wildman–Crippen LogP) is 3.79. The zero-order valence-electron chi connectivity index (χ0n) is 16.3. The van der Waals surface area contributed by atoms with Gasteiger partial charge in [0, 0.05) is 6.54 Å². The number of rotatable bonds is 4.